The lowest BCUT2D eigenvalue weighted by molar-refractivity contribution is 0.331. The van der Waals surface area contributed by atoms with E-state index in [9.17, 15) is 8.42 Å². The first kappa shape index (κ1) is 13.9. The lowest BCUT2D eigenvalue weighted by Gasteiger charge is -2.29. The molecule has 2 N–H and O–H groups in total. The van der Waals surface area contributed by atoms with Gasteiger partial charge in [0.05, 0.1) is 5.75 Å². The number of rotatable bonds is 5. The molecule has 0 heterocycles. The molecule has 96 valence electrons. The molecule has 0 saturated heterocycles. The van der Waals surface area contributed by atoms with Crippen LogP contribution < -0.4 is 5.73 Å². The second kappa shape index (κ2) is 4.63. The molecule has 1 rings (SSSR count). The molecule has 4 nitrogen and oxygen atoms in total. The Morgan fingerprint density at radius 3 is 2.19 bits per heavy atom. The molecule has 0 spiro atoms. The summed E-state index contributed by atoms with van der Waals surface area (Å²) >= 11 is 0. The zero-order chi connectivity index (χ0) is 12.6. The average Bonchev–Trinajstić information content (AvgIpc) is 2.84. The Labute approximate surface area is 99.2 Å². The van der Waals surface area contributed by atoms with Crippen molar-refractivity contribution in [3.05, 3.63) is 0 Å². The quantitative estimate of drug-likeness (QED) is 0.790. The predicted octanol–water partition coefficient (Wildman–Crippen LogP) is 1.03. The molecule has 0 aromatic carbocycles. The van der Waals surface area contributed by atoms with Gasteiger partial charge in [0.1, 0.15) is 0 Å². The van der Waals surface area contributed by atoms with Crippen LogP contribution in [0.25, 0.3) is 0 Å². The maximum absolute atomic E-state index is 12.1. The van der Waals surface area contributed by atoms with Gasteiger partial charge in [0.25, 0.3) is 0 Å². The van der Waals surface area contributed by atoms with E-state index in [1.54, 1.807) is 7.05 Å². The summed E-state index contributed by atoms with van der Waals surface area (Å²) in [6.07, 6.45) is 2.22. The standard InChI is InChI=1S/C11H24N2O2S/c1-11(2,3)8-16(14,15)13(4)10(7-12)9-5-6-9/h9-10H,5-8,12H2,1-4H3. The third-order valence-electron chi connectivity index (χ3n) is 2.93. The van der Waals surface area contributed by atoms with E-state index in [1.165, 1.54) is 4.31 Å². The summed E-state index contributed by atoms with van der Waals surface area (Å²) < 4.78 is 25.8. The Morgan fingerprint density at radius 2 is 1.88 bits per heavy atom. The summed E-state index contributed by atoms with van der Waals surface area (Å²) in [5, 5.41) is 0. The van der Waals surface area contributed by atoms with Crippen molar-refractivity contribution in [2.75, 3.05) is 19.3 Å². The molecule has 1 fully saturated rings. The van der Waals surface area contributed by atoms with Crippen LogP contribution in [0.2, 0.25) is 0 Å². The maximum atomic E-state index is 12.1. The molecule has 0 aliphatic heterocycles. The normalized spacial score (nSPS) is 20.1. The van der Waals surface area contributed by atoms with Gasteiger partial charge in [-0.2, -0.15) is 0 Å². The predicted molar refractivity (Wildman–Crippen MR) is 66.6 cm³/mol. The van der Waals surface area contributed by atoms with Crippen molar-refractivity contribution < 1.29 is 8.42 Å². The topological polar surface area (TPSA) is 63.4 Å². The Balaban J connectivity index is 2.74. The largest absolute Gasteiger partial charge is 0.329 e. The zero-order valence-electron chi connectivity index (χ0n) is 10.7. The fourth-order valence-corrected chi connectivity index (χ4v) is 3.94. The number of sulfonamides is 1. The highest BCUT2D eigenvalue weighted by molar-refractivity contribution is 7.89. The van der Waals surface area contributed by atoms with Crippen LogP contribution in [-0.2, 0) is 10.0 Å². The molecule has 1 aliphatic carbocycles. The summed E-state index contributed by atoms with van der Waals surface area (Å²) in [4.78, 5) is 0. The first-order valence-electron chi connectivity index (χ1n) is 5.83. The van der Waals surface area contributed by atoms with Gasteiger partial charge in [-0.1, -0.05) is 20.8 Å². The van der Waals surface area contributed by atoms with Crippen molar-refractivity contribution in [1.29, 1.82) is 0 Å². The molecule has 0 bridgehead atoms. The van der Waals surface area contributed by atoms with Crippen LogP contribution in [0, 0.1) is 11.3 Å². The van der Waals surface area contributed by atoms with E-state index in [0.29, 0.717) is 12.5 Å². The van der Waals surface area contributed by atoms with Crippen LogP contribution in [0.15, 0.2) is 0 Å². The zero-order valence-corrected chi connectivity index (χ0v) is 11.5. The second-order valence-corrected chi connectivity index (χ2v) is 8.00. The van der Waals surface area contributed by atoms with E-state index in [4.69, 9.17) is 5.73 Å². The first-order valence-corrected chi connectivity index (χ1v) is 7.44. The minimum Gasteiger partial charge on any atom is -0.329 e. The molecule has 0 aromatic heterocycles. The Bertz CT molecular complexity index is 328. The lowest BCUT2D eigenvalue weighted by Crippen LogP contribution is -2.45. The van der Waals surface area contributed by atoms with E-state index >= 15 is 0 Å². The maximum Gasteiger partial charge on any atom is 0.214 e. The molecule has 1 aliphatic rings. The monoisotopic (exact) mass is 248 g/mol. The van der Waals surface area contributed by atoms with Crippen molar-refractivity contribution in [3.8, 4) is 0 Å². The summed E-state index contributed by atoms with van der Waals surface area (Å²) in [6.45, 7) is 6.23. The van der Waals surface area contributed by atoms with Crippen LogP contribution >= 0.6 is 0 Å². The molecule has 1 saturated carbocycles. The number of likely N-dealkylation sites (N-methyl/N-ethyl adjacent to an activating group) is 1. The third-order valence-corrected chi connectivity index (χ3v) is 5.31. The van der Waals surface area contributed by atoms with Gasteiger partial charge in [-0.05, 0) is 24.2 Å². The molecule has 5 heteroatoms. The second-order valence-electron chi connectivity index (χ2n) is 5.97. The van der Waals surface area contributed by atoms with Gasteiger partial charge in [-0.25, -0.2) is 12.7 Å². The van der Waals surface area contributed by atoms with Crippen LogP contribution in [0.1, 0.15) is 33.6 Å². The molecule has 0 amide bonds. The molecule has 0 aromatic rings. The molecular formula is C11H24N2O2S. The molecule has 1 atom stereocenters. The van der Waals surface area contributed by atoms with E-state index in [2.05, 4.69) is 0 Å². The number of hydrogen-bond acceptors (Lipinski definition) is 3. The van der Waals surface area contributed by atoms with Crippen molar-refractivity contribution in [1.82, 2.24) is 4.31 Å². The molecule has 1 unspecified atom stereocenters. The molecule has 16 heavy (non-hydrogen) atoms. The number of nitrogens with two attached hydrogens (primary N) is 1. The highest BCUT2D eigenvalue weighted by Gasteiger charge is 2.38. The summed E-state index contributed by atoms with van der Waals surface area (Å²) in [5.74, 6) is 0.657. The van der Waals surface area contributed by atoms with Crippen LogP contribution in [0.5, 0.6) is 0 Å². The van der Waals surface area contributed by atoms with Crippen molar-refractivity contribution in [2.24, 2.45) is 17.1 Å². The first-order chi connectivity index (χ1) is 7.17. The van der Waals surface area contributed by atoms with Crippen LogP contribution in [0.4, 0.5) is 0 Å². The van der Waals surface area contributed by atoms with Crippen molar-refractivity contribution >= 4 is 10.0 Å². The van der Waals surface area contributed by atoms with Gasteiger partial charge < -0.3 is 5.73 Å². The van der Waals surface area contributed by atoms with Crippen molar-refractivity contribution in [2.45, 2.75) is 39.7 Å². The number of hydrogen-bond donors (Lipinski definition) is 1. The third kappa shape index (κ3) is 3.71. The lowest BCUT2D eigenvalue weighted by atomic mass is 10.0. The highest BCUT2D eigenvalue weighted by atomic mass is 32.2. The van der Waals surface area contributed by atoms with Gasteiger partial charge in [-0.3, -0.25) is 0 Å². The van der Waals surface area contributed by atoms with Gasteiger partial charge in [0.15, 0.2) is 0 Å². The fourth-order valence-electron chi connectivity index (χ4n) is 1.97. The van der Waals surface area contributed by atoms with E-state index in [0.717, 1.165) is 12.8 Å². The minimum atomic E-state index is -3.18. The van der Waals surface area contributed by atoms with Crippen molar-refractivity contribution in [3.63, 3.8) is 0 Å². The minimum absolute atomic E-state index is 0.00708. The number of nitrogens with zero attached hydrogens (tertiary/aromatic N) is 1. The Kier molecular flexibility index (Phi) is 4.03. The highest BCUT2D eigenvalue weighted by Crippen LogP contribution is 2.35. The molecular weight excluding hydrogens is 224 g/mol. The van der Waals surface area contributed by atoms with E-state index < -0.39 is 10.0 Å². The molecule has 0 radical (unpaired) electrons. The van der Waals surface area contributed by atoms with Gasteiger partial charge in [0, 0.05) is 19.6 Å². The SMILES string of the molecule is CN(C(CN)C1CC1)S(=O)(=O)CC(C)(C)C. The summed E-state index contributed by atoms with van der Waals surface area (Å²) in [7, 11) is -1.52. The average molecular weight is 248 g/mol. The van der Waals surface area contributed by atoms with Crippen LogP contribution in [0.3, 0.4) is 0 Å². The van der Waals surface area contributed by atoms with Gasteiger partial charge in [-0.15, -0.1) is 0 Å². The van der Waals surface area contributed by atoms with Gasteiger partial charge >= 0.3 is 0 Å². The van der Waals surface area contributed by atoms with Crippen LogP contribution in [-0.4, -0.2) is 38.1 Å². The fraction of sp³-hybridized carbons (Fsp3) is 1.00. The van der Waals surface area contributed by atoms with E-state index in [-0.39, 0.29) is 17.2 Å². The van der Waals surface area contributed by atoms with Gasteiger partial charge in [0.2, 0.25) is 10.0 Å². The summed E-state index contributed by atoms with van der Waals surface area (Å²) in [5.41, 5.74) is 5.46. The summed E-state index contributed by atoms with van der Waals surface area (Å²) in [6, 6.07) is -0.00708. The Morgan fingerprint density at radius 1 is 1.38 bits per heavy atom. The van der Waals surface area contributed by atoms with E-state index in [1.807, 2.05) is 20.8 Å². The Hall–Kier alpha value is -0.130. The smallest absolute Gasteiger partial charge is 0.214 e.